The molecule has 0 N–H and O–H groups in total. The average molecular weight is 233 g/mol. The maximum absolute atomic E-state index is 10.1. The van der Waals surface area contributed by atoms with Gasteiger partial charge in [0.25, 0.3) is 6.47 Å². The zero-order valence-electron chi connectivity index (χ0n) is 6.96. The zero-order chi connectivity index (χ0) is 8.60. The van der Waals surface area contributed by atoms with Crippen molar-refractivity contribution in [2.45, 2.75) is 30.5 Å². The van der Waals surface area contributed by atoms with Crippen molar-refractivity contribution in [3.05, 3.63) is 0 Å². The second kappa shape index (κ2) is 3.02. The van der Waals surface area contributed by atoms with E-state index < -0.39 is 0 Å². The summed E-state index contributed by atoms with van der Waals surface area (Å²) in [4.78, 5) is 10.7. The Kier molecular flexibility index (Phi) is 2.15. The van der Waals surface area contributed by atoms with Gasteiger partial charge in [-0.05, 0) is 31.6 Å². The monoisotopic (exact) mass is 232 g/mol. The fourth-order valence-corrected chi connectivity index (χ4v) is 3.80. The van der Waals surface area contributed by atoms with Crippen LogP contribution in [0.5, 0.6) is 0 Å². The van der Waals surface area contributed by atoms with Gasteiger partial charge in [-0.25, -0.2) is 0 Å². The van der Waals surface area contributed by atoms with Gasteiger partial charge in [0.15, 0.2) is 0 Å². The fourth-order valence-electron chi connectivity index (χ4n) is 2.72. The number of hydrogen-bond acceptors (Lipinski definition) is 2. The molecule has 12 heavy (non-hydrogen) atoms. The number of ether oxygens (including phenoxy) is 1. The van der Waals surface area contributed by atoms with Gasteiger partial charge in [-0.3, -0.25) is 4.79 Å². The molecule has 2 nitrogen and oxygen atoms in total. The molecule has 2 bridgehead atoms. The molecule has 2 aliphatic rings. The van der Waals surface area contributed by atoms with Crippen molar-refractivity contribution < 1.29 is 9.53 Å². The van der Waals surface area contributed by atoms with Gasteiger partial charge < -0.3 is 4.74 Å². The Morgan fingerprint density at radius 2 is 2.50 bits per heavy atom. The van der Waals surface area contributed by atoms with Crippen LogP contribution < -0.4 is 0 Å². The molecule has 0 aromatic rings. The highest BCUT2D eigenvalue weighted by molar-refractivity contribution is 9.09. The molecule has 3 atom stereocenters. The fraction of sp³-hybridized carbons (Fsp3) is 0.889. The van der Waals surface area contributed by atoms with E-state index >= 15 is 0 Å². The van der Waals surface area contributed by atoms with Gasteiger partial charge in [0, 0.05) is 10.2 Å². The number of carbonyl (C=O) groups excluding carboxylic acids is 1. The summed E-state index contributed by atoms with van der Waals surface area (Å²) in [6.07, 6.45) is 5.06. The van der Waals surface area contributed by atoms with Crippen molar-refractivity contribution in [2.75, 3.05) is 6.61 Å². The van der Waals surface area contributed by atoms with Crippen LogP contribution in [0.2, 0.25) is 0 Å². The molecule has 0 aliphatic heterocycles. The highest BCUT2D eigenvalue weighted by atomic mass is 79.9. The number of hydrogen-bond donors (Lipinski definition) is 0. The van der Waals surface area contributed by atoms with Crippen molar-refractivity contribution in [1.29, 1.82) is 0 Å². The molecule has 2 aliphatic carbocycles. The molecule has 0 heterocycles. The standard InChI is InChI=1S/C9H13BrO2/c10-8-3-7-1-2-9(8,4-7)5-12-6-11/h6-8H,1-5H2. The third-order valence-corrected chi connectivity index (χ3v) is 4.73. The molecule has 0 amide bonds. The lowest BCUT2D eigenvalue weighted by atomic mass is 9.85. The summed E-state index contributed by atoms with van der Waals surface area (Å²) in [5.41, 5.74) is 0.283. The van der Waals surface area contributed by atoms with E-state index in [0.717, 1.165) is 5.92 Å². The van der Waals surface area contributed by atoms with Gasteiger partial charge in [0.05, 0.1) is 6.61 Å². The van der Waals surface area contributed by atoms with E-state index in [1.807, 2.05) is 0 Å². The van der Waals surface area contributed by atoms with Gasteiger partial charge >= 0.3 is 0 Å². The molecule has 0 aromatic heterocycles. The van der Waals surface area contributed by atoms with Crippen LogP contribution in [-0.2, 0) is 9.53 Å². The quantitative estimate of drug-likeness (QED) is 0.551. The molecular formula is C9H13BrO2. The van der Waals surface area contributed by atoms with Crippen molar-refractivity contribution >= 4 is 22.4 Å². The Morgan fingerprint density at radius 1 is 1.67 bits per heavy atom. The number of alkyl halides is 1. The summed E-state index contributed by atoms with van der Waals surface area (Å²) < 4.78 is 4.90. The van der Waals surface area contributed by atoms with Crippen LogP contribution in [0.25, 0.3) is 0 Å². The SMILES string of the molecule is O=COCC12CCC(CC1Br)C2. The van der Waals surface area contributed by atoms with Crippen LogP contribution in [0.3, 0.4) is 0 Å². The molecule has 0 spiro atoms. The summed E-state index contributed by atoms with van der Waals surface area (Å²) in [5, 5.41) is 0. The van der Waals surface area contributed by atoms with Crippen LogP contribution >= 0.6 is 15.9 Å². The molecule has 0 radical (unpaired) electrons. The molecule has 3 heteroatoms. The van der Waals surface area contributed by atoms with Crippen molar-refractivity contribution in [3.63, 3.8) is 0 Å². The Balaban J connectivity index is 2.03. The number of halogens is 1. The third kappa shape index (κ3) is 1.18. The van der Waals surface area contributed by atoms with Gasteiger partial charge in [-0.15, -0.1) is 0 Å². The van der Waals surface area contributed by atoms with Gasteiger partial charge in [0.2, 0.25) is 0 Å². The topological polar surface area (TPSA) is 26.3 Å². The van der Waals surface area contributed by atoms with Crippen molar-refractivity contribution in [1.82, 2.24) is 0 Å². The van der Waals surface area contributed by atoms with Crippen LogP contribution in [0.4, 0.5) is 0 Å². The normalized spacial score (nSPS) is 44.8. The molecule has 2 saturated carbocycles. The molecule has 2 fully saturated rings. The highest BCUT2D eigenvalue weighted by Crippen LogP contribution is 2.56. The van der Waals surface area contributed by atoms with Gasteiger partial charge in [0.1, 0.15) is 0 Å². The summed E-state index contributed by atoms with van der Waals surface area (Å²) in [6, 6.07) is 0. The molecular weight excluding hydrogens is 220 g/mol. The van der Waals surface area contributed by atoms with E-state index in [0.29, 0.717) is 17.9 Å². The molecule has 68 valence electrons. The molecule has 0 saturated heterocycles. The van der Waals surface area contributed by atoms with Gasteiger partial charge in [-0.2, -0.15) is 0 Å². The Labute approximate surface area is 80.8 Å². The first kappa shape index (κ1) is 8.54. The van der Waals surface area contributed by atoms with Crippen LogP contribution in [0.1, 0.15) is 25.7 Å². The van der Waals surface area contributed by atoms with E-state index in [9.17, 15) is 4.79 Å². The molecule has 2 rings (SSSR count). The first-order valence-corrected chi connectivity index (χ1v) is 5.38. The average Bonchev–Trinajstić information content (AvgIpc) is 2.58. The molecule has 0 aromatic carbocycles. The van der Waals surface area contributed by atoms with Crippen molar-refractivity contribution in [3.8, 4) is 0 Å². The van der Waals surface area contributed by atoms with E-state index in [2.05, 4.69) is 15.9 Å². The third-order valence-electron chi connectivity index (χ3n) is 3.39. The Hall–Kier alpha value is -0.0500. The lowest BCUT2D eigenvalue weighted by Crippen LogP contribution is -2.30. The van der Waals surface area contributed by atoms with Crippen LogP contribution in [0, 0.1) is 11.3 Å². The zero-order valence-corrected chi connectivity index (χ0v) is 8.55. The van der Waals surface area contributed by atoms with Crippen LogP contribution in [-0.4, -0.2) is 17.9 Å². The van der Waals surface area contributed by atoms with E-state index in [1.165, 1.54) is 25.7 Å². The molecule has 3 unspecified atom stereocenters. The minimum absolute atomic E-state index is 0.283. The Bertz CT molecular complexity index is 195. The summed E-state index contributed by atoms with van der Waals surface area (Å²) in [5.74, 6) is 0.879. The largest absolute Gasteiger partial charge is 0.467 e. The minimum Gasteiger partial charge on any atom is -0.467 e. The van der Waals surface area contributed by atoms with Crippen molar-refractivity contribution in [2.24, 2.45) is 11.3 Å². The summed E-state index contributed by atoms with van der Waals surface area (Å²) in [6.45, 7) is 1.18. The summed E-state index contributed by atoms with van der Waals surface area (Å²) in [7, 11) is 0. The second-order valence-corrected chi connectivity index (χ2v) is 5.19. The lowest BCUT2D eigenvalue weighted by Gasteiger charge is -2.29. The van der Waals surface area contributed by atoms with E-state index in [-0.39, 0.29) is 5.41 Å². The van der Waals surface area contributed by atoms with E-state index in [4.69, 9.17) is 4.74 Å². The number of rotatable bonds is 3. The van der Waals surface area contributed by atoms with E-state index in [1.54, 1.807) is 0 Å². The first-order chi connectivity index (χ1) is 5.77. The summed E-state index contributed by atoms with van der Waals surface area (Å²) >= 11 is 3.69. The first-order valence-electron chi connectivity index (χ1n) is 4.46. The predicted octanol–water partition coefficient (Wildman–Crippen LogP) is 2.11. The van der Waals surface area contributed by atoms with Gasteiger partial charge in [-0.1, -0.05) is 15.9 Å². The lowest BCUT2D eigenvalue weighted by molar-refractivity contribution is -0.131. The minimum atomic E-state index is 0.283. The Morgan fingerprint density at radius 3 is 3.00 bits per heavy atom. The number of carbonyl (C=O) groups is 1. The predicted molar refractivity (Wildman–Crippen MR) is 49.1 cm³/mol. The maximum atomic E-state index is 10.1. The highest BCUT2D eigenvalue weighted by Gasteiger charge is 2.51. The second-order valence-electron chi connectivity index (χ2n) is 4.08. The maximum Gasteiger partial charge on any atom is 0.293 e. The smallest absolute Gasteiger partial charge is 0.293 e. The van der Waals surface area contributed by atoms with Crippen LogP contribution in [0.15, 0.2) is 0 Å². The number of fused-ring (bicyclic) bond motifs is 2.